The van der Waals surface area contributed by atoms with Crippen molar-refractivity contribution in [2.45, 2.75) is 13.8 Å². The Morgan fingerprint density at radius 2 is 1.94 bits per heavy atom. The first-order chi connectivity index (χ1) is 8.61. The number of nitrogens with zero attached hydrogens (tertiary/aromatic N) is 3. The molecule has 4 nitrogen and oxygen atoms in total. The summed E-state index contributed by atoms with van der Waals surface area (Å²) in [4.78, 5) is 8.20. The van der Waals surface area contributed by atoms with E-state index in [1.54, 1.807) is 38.1 Å². The summed E-state index contributed by atoms with van der Waals surface area (Å²) in [5.74, 6) is 1.35. The molecule has 0 atom stereocenters. The Morgan fingerprint density at radius 1 is 1.22 bits per heavy atom. The fraction of sp³-hybridized carbons (Fsp3) is 0.154. The van der Waals surface area contributed by atoms with Crippen LogP contribution in [0.2, 0.25) is 5.15 Å². The average molecular weight is 260 g/mol. The predicted molar refractivity (Wildman–Crippen MR) is 67.7 cm³/mol. The Bertz CT molecular complexity index is 635. The maximum Gasteiger partial charge on any atom is 0.227 e. The van der Waals surface area contributed by atoms with E-state index in [1.165, 1.54) is 0 Å². The van der Waals surface area contributed by atoms with Crippen molar-refractivity contribution in [1.29, 1.82) is 5.26 Å². The lowest BCUT2D eigenvalue weighted by Crippen LogP contribution is -1.98. The van der Waals surface area contributed by atoms with E-state index >= 15 is 0 Å². The van der Waals surface area contributed by atoms with Gasteiger partial charge in [-0.3, -0.25) is 0 Å². The number of benzene rings is 1. The maximum absolute atomic E-state index is 8.99. The minimum atomic E-state index is 0.354. The third-order valence-corrected chi connectivity index (χ3v) is 2.74. The van der Waals surface area contributed by atoms with Gasteiger partial charge in [0, 0.05) is 5.56 Å². The lowest BCUT2D eigenvalue weighted by Gasteiger charge is -2.09. The van der Waals surface area contributed by atoms with E-state index in [9.17, 15) is 0 Å². The molecule has 0 radical (unpaired) electrons. The van der Waals surface area contributed by atoms with Gasteiger partial charge in [-0.15, -0.1) is 0 Å². The molecule has 0 N–H and O–H groups in total. The van der Waals surface area contributed by atoms with Gasteiger partial charge in [0.1, 0.15) is 22.8 Å². The summed E-state index contributed by atoms with van der Waals surface area (Å²) >= 11 is 5.96. The number of rotatable bonds is 2. The Kier molecular flexibility index (Phi) is 3.45. The van der Waals surface area contributed by atoms with E-state index in [-0.39, 0.29) is 0 Å². The number of aryl methyl sites for hydroxylation is 1. The molecule has 18 heavy (non-hydrogen) atoms. The minimum Gasteiger partial charge on any atom is -0.437 e. The standard InChI is InChI=1S/C13H10ClN3O/c1-8-12(14)16-9(2)17-13(8)18-11-6-4-3-5-10(11)7-15/h3-6H,1-2H3. The molecule has 0 fully saturated rings. The molecular weight excluding hydrogens is 250 g/mol. The van der Waals surface area contributed by atoms with E-state index in [1.807, 2.05) is 0 Å². The molecule has 0 aliphatic rings. The van der Waals surface area contributed by atoms with Crippen LogP contribution in [0.15, 0.2) is 24.3 Å². The van der Waals surface area contributed by atoms with Gasteiger partial charge in [-0.05, 0) is 26.0 Å². The molecule has 0 amide bonds. The molecule has 2 aromatic rings. The first-order valence-electron chi connectivity index (χ1n) is 5.29. The van der Waals surface area contributed by atoms with Crippen LogP contribution in [0.1, 0.15) is 17.0 Å². The van der Waals surface area contributed by atoms with Gasteiger partial charge >= 0.3 is 0 Å². The summed E-state index contributed by atoms with van der Waals surface area (Å²) in [6.07, 6.45) is 0. The highest BCUT2D eigenvalue weighted by atomic mass is 35.5. The summed E-state index contributed by atoms with van der Waals surface area (Å²) in [5, 5.41) is 9.34. The zero-order valence-electron chi connectivity index (χ0n) is 9.94. The molecule has 0 saturated carbocycles. The number of halogens is 1. The first kappa shape index (κ1) is 12.3. The summed E-state index contributed by atoms with van der Waals surface area (Å²) < 4.78 is 5.63. The third-order valence-electron chi connectivity index (χ3n) is 2.37. The quantitative estimate of drug-likeness (QED) is 0.776. The molecule has 90 valence electrons. The molecule has 0 spiro atoms. The van der Waals surface area contributed by atoms with Crippen LogP contribution < -0.4 is 4.74 Å². The van der Waals surface area contributed by atoms with Gasteiger partial charge in [0.15, 0.2) is 0 Å². The van der Waals surface area contributed by atoms with Crippen LogP contribution in [0.3, 0.4) is 0 Å². The fourth-order valence-electron chi connectivity index (χ4n) is 1.42. The third kappa shape index (κ3) is 2.41. The van der Waals surface area contributed by atoms with Crippen molar-refractivity contribution in [1.82, 2.24) is 9.97 Å². The molecule has 1 aromatic carbocycles. The van der Waals surface area contributed by atoms with Gasteiger partial charge in [0.25, 0.3) is 0 Å². The Labute approximate surface area is 110 Å². The highest BCUT2D eigenvalue weighted by molar-refractivity contribution is 6.30. The van der Waals surface area contributed by atoms with Gasteiger partial charge in [-0.2, -0.15) is 10.2 Å². The molecule has 1 aromatic heterocycles. The van der Waals surface area contributed by atoms with Crippen LogP contribution in [-0.4, -0.2) is 9.97 Å². The largest absolute Gasteiger partial charge is 0.437 e. The second kappa shape index (κ2) is 5.03. The van der Waals surface area contributed by atoms with Crippen molar-refractivity contribution in [3.63, 3.8) is 0 Å². The number of ether oxygens (including phenoxy) is 1. The van der Waals surface area contributed by atoms with Crippen LogP contribution in [-0.2, 0) is 0 Å². The van der Waals surface area contributed by atoms with Crippen molar-refractivity contribution in [2.75, 3.05) is 0 Å². The zero-order chi connectivity index (χ0) is 13.1. The molecule has 5 heteroatoms. The SMILES string of the molecule is Cc1nc(Cl)c(C)c(Oc2ccccc2C#N)n1. The van der Waals surface area contributed by atoms with Crippen LogP contribution >= 0.6 is 11.6 Å². The van der Waals surface area contributed by atoms with Crippen molar-refractivity contribution in [3.05, 3.63) is 46.4 Å². The van der Waals surface area contributed by atoms with Crippen LogP contribution in [0, 0.1) is 25.2 Å². The monoisotopic (exact) mass is 259 g/mol. The van der Waals surface area contributed by atoms with Crippen molar-refractivity contribution >= 4 is 11.6 Å². The molecular formula is C13H10ClN3O. The van der Waals surface area contributed by atoms with Crippen LogP contribution in [0.5, 0.6) is 11.6 Å². The summed E-state index contributed by atoms with van der Waals surface area (Å²) in [6.45, 7) is 3.50. The van der Waals surface area contributed by atoms with Gasteiger partial charge in [0.2, 0.25) is 5.88 Å². The Balaban J connectivity index is 2.44. The topological polar surface area (TPSA) is 58.8 Å². The number of hydrogen-bond donors (Lipinski definition) is 0. The molecule has 0 aliphatic heterocycles. The van der Waals surface area contributed by atoms with Crippen molar-refractivity contribution in [2.24, 2.45) is 0 Å². The highest BCUT2D eigenvalue weighted by Crippen LogP contribution is 2.28. The zero-order valence-corrected chi connectivity index (χ0v) is 10.7. The van der Waals surface area contributed by atoms with Gasteiger partial charge in [-0.1, -0.05) is 23.7 Å². The maximum atomic E-state index is 8.99. The van der Waals surface area contributed by atoms with Crippen molar-refractivity contribution < 1.29 is 4.74 Å². The summed E-state index contributed by atoms with van der Waals surface area (Å²) in [5.41, 5.74) is 1.10. The van der Waals surface area contributed by atoms with Gasteiger partial charge in [0.05, 0.1) is 5.56 Å². The second-order valence-electron chi connectivity index (χ2n) is 3.70. The van der Waals surface area contributed by atoms with Crippen LogP contribution in [0.4, 0.5) is 0 Å². The summed E-state index contributed by atoms with van der Waals surface area (Å²) in [7, 11) is 0. The van der Waals surface area contributed by atoms with E-state index in [4.69, 9.17) is 21.6 Å². The minimum absolute atomic E-state index is 0.354. The Morgan fingerprint density at radius 3 is 2.67 bits per heavy atom. The summed E-state index contributed by atoms with van der Waals surface area (Å²) in [6, 6.07) is 9.02. The normalized spacial score (nSPS) is 9.89. The molecule has 0 aliphatic carbocycles. The smallest absolute Gasteiger partial charge is 0.227 e. The van der Waals surface area contributed by atoms with Gasteiger partial charge < -0.3 is 4.74 Å². The molecule has 0 saturated heterocycles. The van der Waals surface area contributed by atoms with E-state index in [2.05, 4.69) is 16.0 Å². The second-order valence-corrected chi connectivity index (χ2v) is 4.06. The van der Waals surface area contributed by atoms with Gasteiger partial charge in [-0.25, -0.2) is 4.98 Å². The number of aromatic nitrogens is 2. The average Bonchev–Trinajstić information content (AvgIpc) is 2.36. The highest BCUT2D eigenvalue weighted by Gasteiger charge is 2.11. The number of hydrogen-bond acceptors (Lipinski definition) is 4. The first-order valence-corrected chi connectivity index (χ1v) is 5.67. The predicted octanol–water partition coefficient (Wildman–Crippen LogP) is 3.41. The molecule has 0 unspecified atom stereocenters. The number of para-hydroxylation sites is 1. The van der Waals surface area contributed by atoms with Crippen molar-refractivity contribution in [3.8, 4) is 17.7 Å². The Hall–Kier alpha value is -2.12. The number of nitriles is 1. The van der Waals surface area contributed by atoms with E-state index < -0.39 is 0 Å². The fourth-order valence-corrected chi connectivity index (χ4v) is 1.62. The van der Waals surface area contributed by atoms with Crippen LogP contribution in [0.25, 0.3) is 0 Å². The molecule has 1 heterocycles. The van der Waals surface area contributed by atoms with E-state index in [0.29, 0.717) is 33.7 Å². The molecule has 2 rings (SSSR count). The van der Waals surface area contributed by atoms with E-state index in [0.717, 1.165) is 0 Å². The molecule has 0 bridgehead atoms. The lowest BCUT2D eigenvalue weighted by molar-refractivity contribution is 0.454. The lowest BCUT2D eigenvalue weighted by atomic mass is 10.2.